The van der Waals surface area contributed by atoms with Crippen LogP contribution < -0.4 is 5.32 Å². The summed E-state index contributed by atoms with van der Waals surface area (Å²) in [5, 5.41) is 3.07. The second-order valence-electron chi connectivity index (χ2n) is 5.98. The van der Waals surface area contributed by atoms with Gasteiger partial charge in [0.25, 0.3) is 5.91 Å². The summed E-state index contributed by atoms with van der Waals surface area (Å²) in [7, 11) is 0. The lowest BCUT2D eigenvalue weighted by atomic mass is 10.1. The summed E-state index contributed by atoms with van der Waals surface area (Å²) in [6.45, 7) is 5.23. The highest BCUT2D eigenvalue weighted by molar-refractivity contribution is 7.14. The van der Waals surface area contributed by atoms with E-state index in [9.17, 15) is 14.4 Å². The van der Waals surface area contributed by atoms with Crippen molar-refractivity contribution in [2.24, 2.45) is 0 Å². The van der Waals surface area contributed by atoms with E-state index < -0.39 is 18.5 Å². The average Bonchev–Trinajstić information content (AvgIpc) is 3.00. The van der Waals surface area contributed by atoms with Gasteiger partial charge >= 0.3 is 5.97 Å². The third-order valence-electron chi connectivity index (χ3n) is 3.63. The zero-order chi connectivity index (χ0) is 19.3. The van der Waals surface area contributed by atoms with E-state index >= 15 is 0 Å². The molecule has 1 N–H and O–H groups in total. The SMILES string of the molecule is Cc1cc(C)c(NC(=O)COC(=O)CCC(=O)c2ccc(C)s2)c(Cl)c1. The maximum atomic E-state index is 12.0. The third-order valence-corrected chi connectivity index (χ3v) is 4.97. The molecule has 0 aliphatic carbocycles. The van der Waals surface area contributed by atoms with Crippen molar-refractivity contribution in [3.8, 4) is 0 Å². The Kier molecular flexibility index (Phi) is 6.94. The van der Waals surface area contributed by atoms with Crippen molar-refractivity contribution in [1.29, 1.82) is 0 Å². The van der Waals surface area contributed by atoms with Crippen molar-refractivity contribution >= 4 is 46.3 Å². The third kappa shape index (κ3) is 5.68. The van der Waals surface area contributed by atoms with Crippen LogP contribution in [-0.2, 0) is 14.3 Å². The molecule has 0 spiro atoms. The van der Waals surface area contributed by atoms with Crippen LogP contribution in [0, 0.1) is 20.8 Å². The monoisotopic (exact) mass is 393 g/mol. The van der Waals surface area contributed by atoms with Crippen molar-refractivity contribution in [2.75, 3.05) is 11.9 Å². The van der Waals surface area contributed by atoms with Crippen LogP contribution in [0.1, 0.15) is 38.5 Å². The second-order valence-corrected chi connectivity index (χ2v) is 7.68. The van der Waals surface area contributed by atoms with Crippen LogP contribution in [0.15, 0.2) is 24.3 Å². The van der Waals surface area contributed by atoms with Crippen molar-refractivity contribution in [3.63, 3.8) is 0 Å². The lowest BCUT2D eigenvalue weighted by Crippen LogP contribution is -2.21. The quantitative estimate of drug-likeness (QED) is 0.556. The summed E-state index contributed by atoms with van der Waals surface area (Å²) < 4.78 is 4.93. The predicted octanol–water partition coefficient (Wildman–Crippen LogP) is 4.47. The van der Waals surface area contributed by atoms with Crippen molar-refractivity contribution in [2.45, 2.75) is 33.6 Å². The van der Waals surface area contributed by atoms with E-state index in [1.807, 2.05) is 32.9 Å². The van der Waals surface area contributed by atoms with Crippen LogP contribution in [0.25, 0.3) is 0 Å². The number of halogens is 1. The summed E-state index contributed by atoms with van der Waals surface area (Å²) in [6, 6.07) is 7.24. The Balaban J connectivity index is 1.78. The van der Waals surface area contributed by atoms with Crippen LogP contribution >= 0.6 is 22.9 Å². The molecule has 1 aromatic carbocycles. The minimum Gasteiger partial charge on any atom is -0.456 e. The molecule has 26 heavy (non-hydrogen) atoms. The van der Waals surface area contributed by atoms with Gasteiger partial charge in [0.15, 0.2) is 12.4 Å². The molecule has 0 saturated heterocycles. The molecular formula is C19H20ClNO4S. The first kappa shape index (κ1) is 20.1. The molecule has 7 heteroatoms. The number of hydrogen-bond donors (Lipinski definition) is 1. The van der Waals surface area contributed by atoms with Crippen molar-refractivity contribution < 1.29 is 19.1 Å². The van der Waals surface area contributed by atoms with E-state index in [0.29, 0.717) is 15.6 Å². The van der Waals surface area contributed by atoms with E-state index in [-0.39, 0.29) is 18.6 Å². The van der Waals surface area contributed by atoms with Crippen LogP contribution in [0.4, 0.5) is 5.69 Å². The van der Waals surface area contributed by atoms with Crippen LogP contribution in [0.2, 0.25) is 5.02 Å². The molecule has 0 saturated carbocycles. The number of aryl methyl sites for hydroxylation is 3. The number of ether oxygens (including phenoxy) is 1. The smallest absolute Gasteiger partial charge is 0.306 e. The summed E-state index contributed by atoms with van der Waals surface area (Å²) in [5.41, 5.74) is 2.32. The minimum atomic E-state index is -0.589. The Morgan fingerprint density at radius 3 is 2.46 bits per heavy atom. The molecule has 2 aromatic rings. The Morgan fingerprint density at radius 2 is 1.85 bits per heavy atom. The van der Waals surface area contributed by atoms with Gasteiger partial charge in [-0.2, -0.15) is 0 Å². The molecule has 0 atom stereocenters. The van der Waals surface area contributed by atoms with E-state index in [1.54, 1.807) is 12.1 Å². The lowest BCUT2D eigenvalue weighted by Gasteiger charge is -2.11. The molecule has 1 heterocycles. The molecule has 0 aliphatic rings. The van der Waals surface area contributed by atoms with Gasteiger partial charge in [0.1, 0.15) is 0 Å². The molecule has 0 aliphatic heterocycles. The fourth-order valence-corrected chi connectivity index (χ4v) is 3.59. The first-order valence-corrected chi connectivity index (χ1v) is 9.27. The van der Waals surface area contributed by atoms with E-state index in [2.05, 4.69) is 5.32 Å². The Morgan fingerprint density at radius 1 is 1.12 bits per heavy atom. The van der Waals surface area contributed by atoms with Crippen LogP contribution in [0.3, 0.4) is 0 Å². The standard InChI is InChI=1S/C19H20ClNO4S/c1-11-8-12(2)19(14(20)9-11)21-17(23)10-25-18(24)7-5-15(22)16-6-4-13(3)26-16/h4,6,8-9H,5,7,10H2,1-3H3,(H,21,23). The molecule has 0 unspecified atom stereocenters. The van der Waals surface area contributed by atoms with Crippen molar-refractivity contribution in [1.82, 2.24) is 0 Å². The molecule has 5 nitrogen and oxygen atoms in total. The average molecular weight is 394 g/mol. The number of ketones is 1. The van der Waals surface area contributed by atoms with Crippen LogP contribution in [0.5, 0.6) is 0 Å². The summed E-state index contributed by atoms with van der Waals surface area (Å²) in [5.74, 6) is -1.17. The second kappa shape index (κ2) is 8.96. The van der Waals surface area contributed by atoms with Gasteiger partial charge in [-0.25, -0.2) is 0 Å². The number of Topliss-reactive ketones (excluding diaryl/α,β-unsaturated/α-hetero) is 1. The number of nitrogens with one attached hydrogen (secondary N) is 1. The highest BCUT2D eigenvalue weighted by atomic mass is 35.5. The largest absolute Gasteiger partial charge is 0.456 e. The van der Waals surface area contributed by atoms with E-state index in [1.165, 1.54) is 11.3 Å². The lowest BCUT2D eigenvalue weighted by molar-refractivity contribution is -0.147. The highest BCUT2D eigenvalue weighted by Gasteiger charge is 2.14. The fraction of sp³-hybridized carbons (Fsp3) is 0.316. The zero-order valence-corrected chi connectivity index (χ0v) is 16.4. The summed E-state index contributed by atoms with van der Waals surface area (Å²) in [4.78, 5) is 37.3. The van der Waals surface area contributed by atoms with Gasteiger partial charge in [0, 0.05) is 11.3 Å². The number of anilines is 1. The number of thiophene rings is 1. The molecular weight excluding hydrogens is 374 g/mol. The number of amides is 1. The Bertz CT molecular complexity index is 821. The molecule has 0 bridgehead atoms. The maximum Gasteiger partial charge on any atom is 0.306 e. The van der Waals surface area contributed by atoms with Gasteiger partial charge in [-0.3, -0.25) is 14.4 Å². The molecule has 0 radical (unpaired) electrons. The highest BCUT2D eigenvalue weighted by Crippen LogP contribution is 2.27. The fourth-order valence-electron chi connectivity index (χ4n) is 2.39. The summed E-state index contributed by atoms with van der Waals surface area (Å²) in [6.07, 6.45) is -0.00329. The molecule has 138 valence electrons. The molecule has 1 aromatic heterocycles. The summed E-state index contributed by atoms with van der Waals surface area (Å²) >= 11 is 7.52. The minimum absolute atomic E-state index is 0.0588. The van der Waals surface area contributed by atoms with Crippen LogP contribution in [-0.4, -0.2) is 24.3 Å². The van der Waals surface area contributed by atoms with Gasteiger partial charge in [0.05, 0.1) is 22.0 Å². The number of esters is 1. The van der Waals surface area contributed by atoms with Crippen molar-refractivity contribution in [3.05, 3.63) is 50.2 Å². The maximum absolute atomic E-state index is 12.0. The molecule has 0 fully saturated rings. The topological polar surface area (TPSA) is 72.5 Å². The number of carbonyl (C=O) groups excluding carboxylic acids is 3. The Labute approximate surface area is 161 Å². The molecule has 1 amide bonds. The van der Waals surface area contributed by atoms with Gasteiger partial charge in [-0.15, -0.1) is 11.3 Å². The van der Waals surface area contributed by atoms with Gasteiger partial charge in [-0.1, -0.05) is 17.7 Å². The number of benzene rings is 1. The van der Waals surface area contributed by atoms with Gasteiger partial charge < -0.3 is 10.1 Å². The Hall–Kier alpha value is -2.18. The zero-order valence-electron chi connectivity index (χ0n) is 14.8. The van der Waals surface area contributed by atoms with E-state index in [0.717, 1.165) is 16.0 Å². The first-order valence-electron chi connectivity index (χ1n) is 8.08. The van der Waals surface area contributed by atoms with Gasteiger partial charge in [0.2, 0.25) is 0 Å². The molecule has 2 rings (SSSR count). The number of carbonyl (C=O) groups is 3. The first-order chi connectivity index (χ1) is 12.3. The number of hydrogen-bond acceptors (Lipinski definition) is 5. The van der Waals surface area contributed by atoms with Gasteiger partial charge in [-0.05, 0) is 50.1 Å². The van der Waals surface area contributed by atoms with E-state index in [4.69, 9.17) is 16.3 Å². The normalized spacial score (nSPS) is 10.5. The predicted molar refractivity (Wildman–Crippen MR) is 103 cm³/mol. The number of rotatable bonds is 7.